The van der Waals surface area contributed by atoms with Gasteiger partial charge in [0.25, 0.3) is 0 Å². The molecule has 0 radical (unpaired) electrons. The molecule has 1 atom stereocenters. The van der Waals surface area contributed by atoms with E-state index in [4.69, 9.17) is 0 Å². The molecule has 0 saturated heterocycles. The Morgan fingerprint density at radius 2 is 2.12 bits per heavy atom. The Hall–Kier alpha value is -1.61. The van der Waals surface area contributed by atoms with E-state index >= 15 is 0 Å². The van der Waals surface area contributed by atoms with E-state index in [1.54, 1.807) is 6.33 Å². The van der Waals surface area contributed by atoms with Crippen molar-refractivity contribution < 1.29 is 0 Å². The maximum absolute atomic E-state index is 4.01. The monoisotopic (exact) mass is 229 g/mol. The van der Waals surface area contributed by atoms with Crippen molar-refractivity contribution >= 4 is 0 Å². The molecular formula is C14H19N3. The number of hydrogen-bond acceptors (Lipinski definition) is 2. The van der Waals surface area contributed by atoms with Crippen LogP contribution in [0.1, 0.15) is 30.6 Å². The van der Waals surface area contributed by atoms with Crippen LogP contribution in [0.5, 0.6) is 0 Å². The molecule has 17 heavy (non-hydrogen) atoms. The van der Waals surface area contributed by atoms with Gasteiger partial charge in [0.05, 0.1) is 6.33 Å². The Balaban J connectivity index is 1.84. The first kappa shape index (κ1) is 11.9. The topological polar surface area (TPSA) is 40.7 Å². The van der Waals surface area contributed by atoms with Gasteiger partial charge >= 0.3 is 0 Å². The smallest absolute Gasteiger partial charge is 0.0921 e. The molecule has 1 heterocycles. The second kappa shape index (κ2) is 6.21. The lowest BCUT2D eigenvalue weighted by Gasteiger charge is -2.17. The van der Waals surface area contributed by atoms with Gasteiger partial charge in [-0.15, -0.1) is 0 Å². The van der Waals surface area contributed by atoms with E-state index in [1.165, 1.54) is 11.3 Å². The summed E-state index contributed by atoms with van der Waals surface area (Å²) in [6.45, 7) is 3.18. The Kier molecular flexibility index (Phi) is 4.33. The molecular weight excluding hydrogens is 210 g/mol. The zero-order valence-electron chi connectivity index (χ0n) is 10.2. The van der Waals surface area contributed by atoms with Gasteiger partial charge in [0.15, 0.2) is 0 Å². The molecule has 0 fully saturated rings. The molecule has 3 nitrogen and oxygen atoms in total. The number of hydrogen-bond donors (Lipinski definition) is 2. The van der Waals surface area contributed by atoms with Gasteiger partial charge in [-0.3, -0.25) is 0 Å². The van der Waals surface area contributed by atoms with Gasteiger partial charge in [-0.05, 0) is 12.0 Å². The summed E-state index contributed by atoms with van der Waals surface area (Å²) in [5, 5.41) is 3.58. The highest BCUT2D eigenvalue weighted by molar-refractivity contribution is 5.18. The highest BCUT2D eigenvalue weighted by Crippen LogP contribution is 2.15. The number of rotatable bonds is 6. The fourth-order valence-electron chi connectivity index (χ4n) is 1.99. The maximum Gasteiger partial charge on any atom is 0.0921 e. The van der Waals surface area contributed by atoms with Gasteiger partial charge in [0.1, 0.15) is 0 Å². The standard InChI is InChI=1S/C14H19N3/c1-2-14(12-6-4-3-5-7-12)16-9-8-13-10-15-11-17-13/h3-7,10-11,14,16H,2,8-9H2,1H3,(H,15,17). The minimum absolute atomic E-state index is 0.444. The van der Waals surface area contributed by atoms with Crippen LogP contribution < -0.4 is 5.32 Å². The second-order valence-electron chi connectivity index (χ2n) is 4.15. The third kappa shape index (κ3) is 3.43. The van der Waals surface area contributed by atoms with Crippen molar-refractivity contribution in [2.24, 2.45) is 0 Å². The lowest BCUT2D eigenvalue weighted by Crippen LogP contribution is -2.23. The summed E-state index contributed by atoms with van der Waals surface area (Å²) in [6, 6.07) is 11.0. The largest absolute Gasteiger partial charge is 0.348 e. The first-order chi connectivity index (χ1) is 8.40. The SMILES string of the molecule is CCC(NCCc1cnc[nH]1)c1ccccc1. The molecule has 0 aliphatic carbocycles. The van der Waals surface area contributed by atoms with Gasteiger partial charge in [0, 0.05) is 30.9 Å². The zero-order chi connectivity index (χ0) is 11.9. The fraction of sp³-hybridized carbons (Fsp3) is 0.357. The minimum atomic E-state index is 0.444. The highest BCUT2D eigenvalue weighted by atomic mass is 14.9. The predicted octanol–water partition coefficient (Wildman–Crippen LogP) is 2.69. The summed E-state index contributed by atoms with van der Waals surface area (Å²) in [7, 11) is 0. The Labute approximate surface area is 102 Å². The van der Waals surface area contributed by atoms with Crippen LogP contribution in [0.4, 0.5) is 0 Å². The van der Waals surface area contributed by atoms with Crippen LogP contribution >= 0.6 is 0 Å². The van der Waals surface area contributed by atoms with Crippen molar-refractivity contribution in [3.8, 4) is 0 Å². The molecule has 1 aromatic heterocycles. The Morgan fingerprint density at radius 3 is 2.76 bits per heavy atom. The van der Waals surface area contributed by atoms with E-state index in [0.29, 0.717) is 6.04 Å². The third-order valence-corrected chi connectivity index (χ3v) is 2.95. The van der Waals surface area contributed by atoms with E-state index in [0.717, 1.165) is 19.4 Å². The van der Waals surface area contributed by atoms with Gasteiger partial charge in [0.2, 0.25) is 0 Å². The Bertz CT molecular complexity index is 408. The molecule has 1 unspecified atom stereocenters. The van der Waals surface area contributed by atoms with Crippen LogP contribution in [0.25, 0.3) is 0 Å². The summed E-state index contributed by atoms with van der Waals surface area (Å²) in [4.78, 5) is 7.13. The van der Waals surface area contributed by atoms with Crippen molar-refractivity contribution in [2.45, 2.75) is 25.8 Å². The van der Waals surface area contributed by atoms with Gasteiger partial charge in [-0.2, -0.15) is 0 Å². The van der Waals surface area contributed by atoms with E-state index in [-0.39, 0.29) is 0 Å². The second-order valence-corrected chi connectivity index (χ2v) is 4.15. The molecule has 2 N–H and O–H groups in total. The first-order valence-electron chi connectivity index (χ1n) is 6.15. The van der Waals surface area contributed by atoms with Crippen molar-refractivity contribution in [1.29, 1.82) is 0 Å². The van der Waals surface area contributed by atoms with Gasteiger partial charge in [-0.1, -0.05) is 37.3 Å². The third-order valence-electron chi connectivity index (χ3n) is 2.95. The number of aromatic amines is 1. The van der Waals surface area contributed by atoms with E-state index in [9.17, 15) is 0 Å². The molecule has 2 rings (SSSR count). The molecule has 0 saturated carbocycles. The molecule has 3 heteroatoms. The van der Waals surface area contributed by atoms with Crippen LogP contribution in [0.2, 0.25) is 0 Å². The average molecular weight is 229 g/mol. The molecule has 0 amide bonds. The van der Waals surface area contributed by atoms with E-state index in [2.05, 4.69) is 52.5 Å². The van der Waals surface area contributed by atoms with Crippen LogP contribution in [-0.4, -0.2) is 16.5 Å². The van der Waals surface area contributed by atoms with Crippen LogP contribution in [0.3, 0.4) is 0 Å². The number of imidazole rings is 1. The molecule has 0 spiro atoms. The molecule has 0 aliphatic rings. The van der Waals surface area contributed by atoms with Crippen molar-refractivity contribution in [3.05, 3.63) is 54.1 Å². The highest BCUT2D eigenvalue weighted by Gasteiger charge is 2.07. The summed E-state index contributed by atoms with van der Waals surface area (Å²) in [5.41, 5.74) is 2.54. The predicted molar refractivity (Wildman–Crippen MR) is 69.8 cm³/mol. The molecule has 90 valence electrons. The number of nitrogens with one attached hydrogen (secondary N) is 2. The van der Waals surface area contributed by atoms with Gasteiger partial charge < -0.3 is 10.3 Å². The average Bonchev–Trinajstić information content (AvgIpc) is 2.89. The number of benzene rings is 1. The molecule has 0 bridgehead atoms. The van der Waals surface area contributed by atoms with E-state index in [1.807, 2.05) is 6.20 Å². The summed E-state index contributed by atoms with van der Waals surface area (Å²) < 4.78 is 0. The first-order valence-corrected chi connectivity index (χ1v) is 6.15. The van der Waals surface area contributed by atoms with Crippen molar-refractivity contribution in [3.63, 3.8) is 0 Å². The number of H-pyrrole nitrogens is 1. The summed E-state index contributed by atoms with van der Waals surface area (Å²) in [5.74, 6) is 0. The van der Waals surface area contributed by atoms with Gasteiger partial charge in [-0.25, -0.2) is 4.98 Å². The van der Waals surface area contributed by atoms with Crippen molar-refractivity contribution in [1.82, 2.24) is 15.3 Å². The molecule has 2 aromatic rings. The maximum atomic E-state index is 4.01. The quantitative estimate of drug-likeness (QED) is 0.799. The summed E-state index contributed by atoms with van der Waals surface area (Å²) >= 11 is 0. The minimum Gasteiger partial charge on any atom is -0.348 e. The molecule has 1 aromatic carbocycles. The van der Waals surface area contributed by atoms with Crippen LogP contribution in [-0.2, 0) is 6.42 Å². The zero-order valence-corrected chi connectivity index (χ0v) is 10.2. The normalized spacial score (nSPS) is 12.5. The van der Waals surface area contributed by atoms with Crippen LogP contribution in [0.15, 0.2) is 42.9 Å². The summed E-state index contributed by atoms with van der Waals surface area (Å²) in [6.07, 6.45) is 5.70. The Morgan fingerprint density at radius 1 is 1.29 bits per heavy atom. The lowest BCUT2D eigenvalue weighted by molar-refractivity contribution is 0.521. The molecule has 0 aliphatic heterocycles. The van der Waals surface area contributed by atoms with Crippen LogP contribution in [0, 0.1) is 0 Å². The van der Waals surface area contributed by atoms with E-state index < -0.39 is 0 Å². The fourth-order valence-corrected chi connectivity index (χ4v) is 1.99. The number of nitrogens with zero attached hydrogens (tertiary/aromatic N) is 1. The number of aromatic nitrogens is 2. The van der Waals surface area contributed by atoms with Crippen molar-refractivity contribution in [2.75, 3.05) is 6.54 Å². The lowest BCUT2D eigenvalue weighted by atomic mass is 10.0.